The van der Waals surface area contributed by atoms with Gasteiger partial charge in [0.2, 0.25) is 0 Å². The van der Waals surface area contributed by atoms with Crippen LogP contribution in [0.1, 0.15) is 20.8 Å². The van der Waals surface area contributed by atoms with Crippen LogP contribution < -0.4 is 6.15 Å². The normalized spacial score (nSPS) is 14.6. The highest BCUT2D eigenvalue weighted by Crippen LogP contribution is 2.05. The predicted molar refractivity (Wildman–Crippen MR) is 33.0 cm³/mol. The Morgan fingerprint density at radius 1 is 1.38 bits per heavy atom. The molecule has 0 aliphatic rings. The van der Waals surface area contributed by atoms with Crippen LogP contribution in [0.25, 0.3) is 0 Å². The average molecular weight is 121 g/mol. The molecule has 0 saturated heterocycles. The van der Waals surface area contributed by atoms with Crippen molar-refractivity contribution in [2.45, 2.75) is 32.5 Å². The topological polar surface area (TPSA) is 75.5 Å². The maximum absolute atomic E-state index is 8.84. The molecule has 0 rings (SSSR count). The Balaban J connectivity index is 0. The first kappa shape index (κ1) is 10.8. The lowest BCUT2D eigenvalue weighted by Gasteiger charge is -2.19. The van der Waals surface area contributed by atoms with E-state index in [-0.39, 0.29) is 6.15 Å². The summed E-state index contributed by atoms with van der Waals surface area (Å²) in [6.45, 7) is 4.69. The van der Waals surface area contributed by atoms with Crippen molar-refractivity contribution in [1.82, 2.24) is 6.15 Å². The van der Waals surface area contributed by atoms with E-state index in [1.807, 2.05) is 0 Å². The van der Waals surface area contributed by atoms with E-state index in [1.165, 1.54) is 0 Å². The van der Waals surface area contributed by atoms with Crippen molar-refractivity contribution in [3.05, 3.63) is 0 Å². The Labute approximate surface area is 49.9 Å². The zero-order chi connectivity index (χ0) is 6.08. The van der Waals surface area contributed by atoms with E-state index in [0.717, 1.165) is 0 Å². The van der Waals surface area contributed by atoms with Gasteiger partial charge in [0.25, 0.3) is 0 Å². The van der Waals surface area contributed by atoms with Crippen molar-refractivity contribution in [2.75, 3.05) is 0 Å². The predicted octanol–water partition coefficient (Wildman–Crippen LogP) is 0.300. The lowest BCUT2D eigenvalue weighted by molar-refractivity contribution is -0.0375. The molecule has 0 spiro atoms. The van der Waals surface area contributed by atoms with Crippen LogP contribution in [0, 0.1) is 0 Å². The van der Waals surface area contributed by atoms with Gasteiger partial charge in [0.15, 0.2) is 0 Å². The molecule has 3 heteroatoms. The lowest BCUT2D eigenvalue weighted by Crippen LogP contribution is -2.32. The van der Waals surface area contributed by atoms with Crippen molar-refractivity contribution >= 4 is 0 Å². The molecule has 1 atom stereocenters. The molecule has 0 fully saturated rings. The molecular weight excluding hydrogens is 106 g/mol. The zero-order valence-electron chi connectivity index (χ0n) is 5.68. The molecule has 0 amide bonds. The Bertz CT molecular complexity index is 55.9. The van der Waals surface area contributed by atoms with Crippen LogP contribution in [0.4, 0.5) is 0 Å². The van der Waals surface area contributed by atoms with E-state index in [2.05, 4.69) is 0 Å². The first-order valence-corrected chi connectivity index (χ1v) is 2.35. The third-order valence-corrected chi connectivity index (χ3v) is 1.02. The first-order chi connectivity index (χ1) is 2.94. The van der Waals surface area contributed by atoms with Crippen LogP contribution >= 0.6 is 0 Å². The second kappa shape index (κ2) is 3.02. The standard InChI is InChI=1S/C5H12O2.H3N/c1-4(6)5(2,3)7;/h4,6-7H,1-3H3;1H3. The maximum atomic E-state index is 8.84. The molecule has 8 heavy (non-hydrogen) atoms. The summed E-state index contributed by atoms with van der Waals surface area (Å²) in [6.07, 6.45) is -0.646. The number of hydrogen-bond donors (Lipinski definition) is 3. The molecule has 0 aromatic heterocycles. The van der Waals surface area contributed by atoms with E-state index in [4.69, 9.17) is 10.2 Å². The van der Waals surface area contributed by atoms with Gasteiger partial charge in [0.05, 0.1) is 11.7 Å². The Morgan fingerprint density at radius 2 is 1.50 bits per heavy atom. The molecule has 3 nitrogen and oxygen atoms in total. The van der Waals surface area contributed by atoms with Crippen molar-refractivity contribution in [3.63, 3.8) is 0 Å². The van der Waals surface area contributed by atoms with Gasteiger partial charge in [0, 0.05) is 0 Å². The first-order valence-electron chi connectivity index (χ1n) is 2.35. The fourth-order valence-corrected chi connectivity index (χ4v) is 0. The molecule has 0 aliphatic heterocycles. The number of rotatable bonds is 1. The Morgan fingerprint density at radius 3 is 1.50 bits per heavy atom. The molecule has 5 N–H and O–H groups in total. The summed E-state index contributed by atoms with van der Waals surface area (Å²) in [4.78, 5) is 0. The van der Waals surface area contributed by atoms with Crippen LogP contribution in [0.2, 0.25) is 0 Å². The monoisotopic (exact) mass is 121 g/mol. The lowest BCUT2D eigenvalue weighted by atomic mass is 10.0. The summed E-state index contributed by atoms with van der Waals surface area (Å²) < 4.78 is 0. The van der Waals surface area contributed by atoms with E-state index in [9.17, 15) is 0 Å². The van der Waals surface area contributed by atoms with Crippen LogP contribution in [-0.2, 0) is 0 Å². The van der Waals surface area contributed by atoms with Gasteiger partial charge in [-0.05, 0) is 20.8 Å². The van der Waals surface area contributed by atoms with Crippen LogP contribution in [-0.4, -0.2) is 21.9 Å². The van der Waals surface area contributed by atoms with Gasteiger partial charge in [-0.2, -0.15) is 0 Å². The third kappa shape index (κ3) is 4.05. The highest BCUT2D eigenvalue weighted by atomic mass is 16.3. The second-order valence-corrected chi connectivity index (χ2v) is 2.33. The second-order valence-electron chi connectivity index (χ2n) is 2.33. The van der Waals surface area contributed by atoms with Crippen LogP contribution in [0.3, 0.4) is 0 Å². The average Bonchev–Trinajstić information content (AvgIpc) is 1.31. The maximum Gasteiger partial charge on any atom is 0.0846 e. The van der Waals surface area contributed by atoms with E-state index >= 15 is 0 Å². The minimum atomic E-state index is -0.944. The summed E-state index contributed by atoms with van der Waals surface area (Å²) in [5.41, 5.74) is -0.944. The fraction of sp³-hybridized carbons (Fsp3) is 1.00. The summed E-state index contributed by atoms with van der Waals surface area (Å²) >= 11 is 0. The van der Waals surface area contributed by atoms with Gasteiger partial charge in [-0.15, -0.1) is 0 Å². The highest BCUT2D eigenvalue weighted by molar-refractivity contribution is 4.70. The number of hydrogen-bond acceptors (Lipinski definition) is 3. The van der Waals surface area contributed by atoms with Gasteiger partial charge in [-0.25, -0.2) is 0 Å². The molecule has 0 aromatic rings. The van der Waals surface area contributed by atoms with Crippen LogP contribution in [0.15, 0.2) is 0 Å². The molecule has 52 valence electrons. The summed E-state index contributed by atoms with van der Waals surface area (Å²) in [7, 11) is 0. The van der Waals surface area contributed by atoms with Crippen molar-refractivity contribution in [1.29, 1.82) is 0 Å². The van der Waals surface area contributed by atoms with E-state index < -0.39 is 11.7 Å². The Kier molecular flexibility index (Phi) is 4.07. The number of aliphatic hydroxyl groups is 2. The summed E-state index contributed by atoms with van der Waals surface area (Å²) in [5, 5.41) is 17.5. The Hall–Kier alpha value is -0.120. The third-order valence-electron chi connectivity index (χ3n) is 1.02. The zero-order valence-corrected chi connectivity index (χ0v) is 5.68. The largest absolute Gasteiger partial charge is 0.390 e. The molecule has 1 unspecified atom stereocenters. The molecule has 0 bridgehead atoms. The minimum absolute atomic E-state index is 0. The smallest absolute Gasteiger partial charge is 0.0846 e. The highest BCUT2D eigenvalue weighted by Gasteiger charge is 2.18. The van der Waals surface area contributed by atoms with Crippen molar-refractivity contribution < 1.29 is 10.2 Å². The molecule has 0 aromatic carbocycles. The molecule has 0 radical (unpaired) electrons. The minimum Gasteiger partial charge on any atom is -0.390 e. The van der Waals surface area contributed by atoms with Crippen molar-refractivity contribution in [3.8, 4) is 0 Å². The van der Waals surface area contributed by atoms with Gasteiger partial charge in [-0.1, -0.05) is 0 Å². The summed E-state index contributed by atoms with van der Waals surface area (Å²) in [6, 6.07) is 0. The van der Waals surface area contributed by atoms with E-state index in [0.29, 0.717) is 0 Å². The van der Waals surface area contributed by atoms with Crippen LogP contribution in [0.5, 0.6) is 0 Å². The SMILES string of the molecule is CC(O)C(C)(C)O.N. The van der Waals surface area contributed by atoms with E-state index in [1.54, 1.807) is 20.8 Å². The van der Waals surface area contributed by atoms with Gasteiger partial charge in [0.1, 0.15) is 0 Å². The van der Waals surface area contributed by atoms with Gasteiger partial charge < -0.3 is 16.4 Å². The molecule has 0 aliphatic carbocycles. The summed E-state index contributed by atoms with van der Waals surface area (Å²) in [5.74, 6) is 0. The molecule has 0 saturated carbocycles. The van der Waals surface area contributed by atoms with Crippen molar-refractivity contribution in [2.24, 2.45) is 0 Å². The van der Waals surface area contributed by atoms with Gasteiger partial charge >= 0.3 is 0 Å². The fourth-order valence-electron chi connectivity index (χ4n) is 0. The molecule has 0 heterocycles. The molecular formula is C5H15NO2. The number of aliphatic hydroxyl groups excluding tert-OH is 1. The quantitative estimate of drug-likeness (QED) is 0.467. The van der Waals surface area contributed by atoms with Gasteiger partial charge in [-0.3, -0.25) is 0 Å².